The van der Waals surface area contributed by atoms with Gasteiger partial charge in [0, 0.05) is 42.7 Å². The van der Waals surface area contributed by atoms with E-state index in [0.29, 0.717) is 22.6 Å². The summed E-state index contributed by atoms with van der Waals surface area (Å²) in [5.41, 5.74) is 2.35. The lowest BCUT2D eigenvalue weighted by molar-refractivity contribution is 0.0342. The van der Waals surface area contributed by atoms with E-state index in [9.17, 15) is 4.39 Å². The van der Waals surface area contributed by atoms with Crippen molar-refractivity contribution in [2.24, 2.45) is 0 Å². The molecule has 0 unspecified atom stereocenters. The normalized spacial score (nSPS) is 14.0. The van der Waals surface area contributed by atoms with Crippen LogP contribution in [0.1, 0.15) is 5.56 Å². The summed E-state index contributed by atoms with van der Waals surface area (Å²) in [6.07, 6.45) is 3.19. The molecule has 178 valence electrons. The first kappa shape index (κ1) is 23.1. The number of hydrogen-bond acceptors (Lipinski definition) is 8. The van der Waals surface area contributed by atoms with Gasteiger partial charge < -0.3 is 15.4 Å². The molecule has 3 heterocycles. The molecule has 0 spiro atoms. The van der Waals surface area contributed by atoms with E-state index in [1.54, 1.807) is 24.5 Å². The fraction of sp³-hybridized carbons (Fsp3) is 0.200. The van der Waals surface area contributed by atoms with Gasteiger partial charge in [-0.25, -0.2) is 19.3 Å². The zero-order valence-corrected chi connectivity index (χ0v) is 19.5. The smallest absolute Gasteiger partial charge is 0.229 e. The third kappa shape index (κ3) is 6.07. The molecule has 1 aliphatic rings. The number of rotatable bonds is 7. The Balaban J connectivity index is 1.25. The van der Waals surface area contributed by atoms with Crippen molar-refractivity contribution < 1.29 is 9.13 Å². The number of ether oxygens (including phenoxy) is 1. The number of nitrogens with zero attached hydrogens (tertiary/aromatic N) is 5. The van der Waals surface area contributed by atoms with Gasteiger partial charge in [0.2, 0.25) is 5.95 Å². The molecule has 0 amide bonds. The quantitative estimate of drug-likeness (QED) is 0.371. The molecule has 2 N–H and O–H groups in total. The highest BCUT2D eigenvalue weighted by Crippen LogP contribution is 2.25. The topological polar surface area (TPSA) is 88.1 Å². The van der Waals surface area contributed by atoms with E-state index in [2.05, 4.69) is 47.6 Å². The maximum atomic E-state index is 14.2. The van der Waals surface area contributed by atoms with Gasteiger partial charge in [-0.05, 0) is 48.0 Å². The maximum absolute atomic E-state index is 14.2. The third-order valence-corrected chi connectivity index (χ3v) is 5.69. The Morgan fingerprint density at radius 2 is 1.63 bits per heavy atom. The van der Waals surface area contributed by atoms with Gasteiger partial charge in [-0.15, -0.1) is 0 Å². The molecule has 10 heteroatoms. The molecule has 1 fully saturated rings. The van der Waals surface area contributed by atoms with Crippen molar-refractivity contribution in [1.29, 1.82) is 0 Å². The summed E-state index contributed by atoms with van der Waals surface area (Å²) >= 11 is 6.00. The standard InChI is InChI=1S/C25H23ClFN7O/c26-18-3-6-21(27)20(15-18)24-28-9-7-22(32-24)31-23-8-10-29-25(33-23)30-19-4-1-17(2-5-19)16-34-11-13-35-14-12-34/h1-10,15H,11-14,16H2,(H2,28,29,30,31,32,33). The van der Waals surface area contributed by atoms with E-state index < -0.39 is 5.82 Å². The van der Waals surface area contributed by atoms with Crippen molar-refractivity contribution in [3.05, 3.63) is 83.4 Å². The van der Waals surface area contributed by atoms with Crippen LogP contribution in [0.3, 0.4) is 0 Å². The van der Waals surface area contributed by atoms with Gasteiger partial charge in [0.1, 0.15) is 17.5 Å². The number of aromatic nitrogens is 4. The molecule has 0 atom stereocenters. The molecule has 1 aliphatic heterocycles. The molecular formula is C25H23ClFN7O. The molecule has 0 radical (unpaired) electrons. The summed E-state index contributed by atoms with van der Waals surface area (Å²) in [5.74, 6) is 1.20. The molecule has 8 nitrogen and oxygen atoms in total. The van der Waals surface area contributed by atoms with Crippen molar-refractivity contribution in [3.8, 4) is 11.4 Å². The highest BCUT2D eigenvalue weighted by Gasteiger charge is 2.12. The number of nitrogens with one attached hydrogen (secondary N) is 2. The average Bonchev–Trinajstić information content (AvgIpc) is 2.88. The monoisotopic (exact) mass is 491 g/mol. The summed E-state index contributed by atoms with van der Waals surface area (Å²) < 4.78 is 19.6. The summed E-state index contributed by atoms with van der Waals surface area (Å²) in [7, 11) is 0. The van der Waals surface area contributed by atoms with Crippen LogP contribution in [0.5, 0.6) is 0 Å². The lowest BCUT2D eigenvalue weighted by Crippen LogP contribution is -2.35. The molecule has 0 saturated carbocycles. The molecule has 5 rings (SSSR count). The van der Waals surface area contributed by atoms with E-state index in [-0.39, 0.29) is 11.4 Å². The Labute approximate surface area is 207 Å². The Hall–Kier alpha value is -3.66. The lowest BCUT2D eigenvalue weighted by atomic mass is 10.2. The van der Waals surface area contributed by atoms with Crippen LogP contribution in [0.25, 0.3) is 11.4 Å². The van der Waals surface area contributed by atoms with Gasteiger partial charge in [-0.3, -0.25) is 4.90 Å². The second-order valence-corrected chi connectivity index (χ2v) is 8.43. The highest BCUT2D eigenvalue weighted by atomic mass is 35.5. The van der Waals surface area contributed by atoms with Crippen LogP contribution in [0.2, 0.25) is 5.02 Å². The average molecular weight is 492 g/mol. The minimum atomic E-state index is -0.448. The van der Waals surface area contributed by atoms with E-state index in [4.69, 9.17) is 16.3 Å². The van der Waals surface area contributed by atoms with Crippen LogP contribution in [-0.4, -0.2) is 51.1 Å². The van der Waals surface area contributed by atoms with Crippen molar-refractivity contribution in [1.82, 2.24) is 24.8 Å². The summed E-state index contributed by atoms with van der Waals surface area (Å²) in [6, 6.07) is 15.9. The first-order valence-electron chi connectivity index (χ1n) is 11.2. The number of hydrogen-bond donors (Lipinski definition) is 2. The van der Waals surface area contributed by atoms with Crippen molar-refractivity contribution >= 4 is 34.9 Å². The van der Waals surface area contributed by atoms with Gasteiger partial charge in [0.25, 0.3) is 0 Å². The molecule has 35 heavy (non-hydrogen) atoms. The number of anilines is 4. The Kier molecular flexibility index (Phi) is 7.08. The van der Waals surface area contributed by atoms with E-state index in [0.717, 1.165) is 38.5 Å². The first-order valence-corrected chi connectivity index (χ1v) is 11.5. The minimum absolute atomic E-state index is 0.222. The Bertz CT molecular complexity index is 1300. The molecular weight excluding hydrogens is 469 g/mol. The Morgan fingerprint density at radius 3 is 2.43 bits per heavy atom. The maximum Gasteiger partial charge on any atom is 0.229 e. The van der Waals surface area contributed by atoms with Gasteiger partial charge in [-0.1, -0.05) is 23.7 Å². The molecule has 0 aliphatic carbocycles. The second-order valence-electron chi connectivity index (χ2n) is 7.99. The van der Waals surface area contributed by atoms with Crippen LogP contribution >= 0.6 is 11.6 Å². The number of benzene rings is 2. The van der Waals surface area contributed by atoms with Gasteiger partial charge in [0.15, 0.2) is 5.82 Å². The zero-order chi connectivity index (χ0) is 24.0. The molecule has 0 bridgehead atoms. The lowest BCUT2D eigenvalue weighted by Gasteiger charge is -2.26. The number of morpholine rings is 1. The van der Waals surface area contributed by atoms with Crippen LogP contribution in [0.15, 0.2) is 67.0 Å². The summed E-state index contributed by atoms with van der Waals surface area (Å²) in [5, 5.41) is 6.74. The fourth-order valence-electron chi connectivity index (χ4n) is 3.69. The predicted molar refractivity (Wildman–Crippen MR) is 134 cm³/mol. The zero-order valence-electron chi connectivity index (χ0n) is 18.8. The summed E-state index contributed by atoms with van der Waals surface area (Å²) in [4.78, 5) is 19.7. The van der Waals surface area contributed by atoms with E-state index in [1.807, 2.05) is 12.1 Å². The summed E-state index contributed by atoms with van der Waals surface area (Å²) in [6.45, 7) is 4.38. The van der Waals surface area contributed by atoms with Gasteiger partial charge in [0.05, 0.1) is 18.8 Å². The highest BCUT2D eigenvalue weighted by molar-refractivity contribution is 6.30. The van der Waals surface area contributed by atoms with Crippen LogP contribution in [0, 0.1) is 5.82 Å². The van der Waals surface area contributed by atoms with Crippen molar-refractivity contribution in [3.63, 3.8) is 0 Å². The number of halogens is 2. The molecule has 2 aromatic carbocycles. The minimum Gasteiger partial charge on any atom is -0.379 e. The molecule has 4 aromatic rings. The fourth-order valence-corrected chi connectivity index (χ4v) is 3.86. The van der Waals surface area contributed by atoms with Crippen molar-refractivity contribution in [2.45, 2.75) is 6.54 Å². The first-order chi connectivity index (χ1) is 17.1. The van der Waals surface area contributed by atoms with Gasteiger partial charge in [-0.2, -0.15) is 4.98 Å². The largest absolute Gasteiger partial charge is 0.379 e. The van der Waals surface area contributed by atoms with Crippen LogP contribution in [0.4, 0.5) is 27.7 Å². The van der Waals surface area contributed by atoms with E-state index in [1.165, 1.54) is 23.8 Å². The van der Waals surface area contributed by atoms with Crippen LogP contribution < -0.4 is 10.6 Å². The second kappa shape index (κ2) is 10.7. The molecule has 1 saturated heterocycles. The SMILES string of the molecule is Fc1ccc(Cl)cc1-c1nccc(Nc2ccnc(Nc3ccc(CN4CCOCC4)cc3)n2)n1. The van der Waals surface area contributed by atoms with Gasteiger partial charge >= 0.3 is 0 Å². The predicted octanol–water partition coefficient (Wildman–Crippen LogP) is 5.05. The van der Waals surface area contributed by atoms with E-state index >= 15 is 0 Å². The third-order valence-electron chi connectivity index (χ3n) is 5.46. The van der Waals surface area contributed by atoms with Crippen molar-refractivity contribution in [2.75, 3.05) is 36.9 Å². The van der Waals surface area contributed by atoms with Crippen LogP contribution in [-0.2, 0) is 11.3 Å². The molecule has 2 aromatic heterocycles. The Morgan fingerprint density at radius 1 is 0.886 bits per heavy atom.